The fraction of sp³-hybridized carbons (Fsp3) is 0.238. The Hall–Kier alpha value is -3.14. The molecule has 3 rings (SSSR count). The van der Waals surface area contributed by atoms with Crippen molar-refractivity contribution in [1.29, 1.82) is 0 Å². The average molecular weight is 453 g/mol. The highest BCUT2D eigenvalue weighted by molar-refractivity contribution is 7.84. The molecule has 31 heavy (non-hydrogen) atoms. The molecular weight excluding hydrogens is 435 g/mol. The fourth-order valence-electron chi connectivity index (χ4n) is 3.20. The van der Waals surface area contributed by atoms with Gasteiger partial charge in [-0.25, -0.2) is 4.79 Å². The largest absolute Gasteiger partial charge is 0.478 e. The van der Waals surface area contributed by atoms with E-state index < -0.39 is 33.9 Å². The molecule has 6 nitrogen and oxygen atoms in total. The van der Waals surface area contributed by atoms with Gasteiger partial charge in [-0.1, -0.05) is 19.1 Å². The van der Waals surface area contributed by atoms with Crippen LogP contribution in [0.5, 0.6) is 0 Å². The van der Waals surface area contributed by atoms with Crippen LogP contribution in [-0.2, 0) is 17.0 Å². The number of aromatic carboxylic acids is 1. The number of halogens is 3. The van der Waals surface area contributed by atoms with Crippen molar-refractivity contribution in [3.8, 4) is 0 Å². The van der Waals surface area contributed by atoms with E-state index in [0.29, 0.717) is 6.07 Å². The van der Waals surface area contributed by atoms with Crippen molar-refractivity contribution in [1.82, 2.24) is 0 Å². The number of hydrogen-bond acceptors (Lipinski definition) is 5. The van der Waals surface area contributed by atoms with Crippen LogP contribution in [-0.4, -0.2) is 27.6 Å². The first kappa shape index (κ1) is 22.5. The molecule has 1 atom stereocenters. The van der Waals surface area contributed by atoms with Crippen LogP contribution in [0.4, 0.5) is 24.5 Å². The highest BCUT2D eigenvalue weighted by atomic mass is 32.2. The molecule has 1 heterocycles. The zero-order valence-corrected chi connectivity index (χ0v) is 17.3. The van der Waals surface area contributed by atoms with Gasteiger partial charge in [-0.15, -0.1) is 0 Å². The number of fused-ring (bicyclic) bond motifs is 1. The van der Waals surface area contributed by atoms with Gasteiger partial charge in [0.05, 0.1) is 38.7 Å². The molecule has 1 aromatic heterocycles. The predicted octanol–water partition coefficient (Wildman–Crippen LogP) is 4.80. The Labute approximate surface area is 177 Å². The van der Waals surface area contributed by atoms with E-state index in [-0.39, 0.29) is 45.3 Å². The summed E-state index contributed by atoms with van der Waals surface area (Å²) in [6.45, 7) is 3.30. The van der Waals surface area contributed by atoms with Crippen LogP contribution in [0.15, 0.2) is 56.8 Å². The second-order valence-electron chi connectivity index (χ2n) is 6.50. The van der Waals surface area contributed by atoms with E-state index in [1.165, 1.54) is 23.1 Å². The van der Waals surface area contributed by atoms with Gasteiger partial charge in [-0.2, -0.15) is 13.2 Å². The Kier molecular flexibility index (Phi) is 6.21. The van der Waals surface area contributed by atoms with Crippen molar-refractivity contribution in [2.75, 3.05) is 17.2 Å². The standard InChI is InChI=1S/C21H18F3NO5S/c1-3-25(15-8-6-5-7-13(15)20(27)28)16-10-12(21(22,23)24)9-14-17(26)11-18(30-19(14)16)31(29)4-2/h5-11H,3-4H2,1-2H3,(H,27,28). The maximum absolute atomic E-state index is 13.6. The van der Waals surface area contributed by atoms with E-state index in [4.69, 9.17) is 4.42 Å². The minimum absolute atomic E-state index is 0.0749. The van der Waals surface area contributed by atoms with Gasteiger partial charge in [0.25, 0.3) is 0 Å². The molecule has 1 unspecified atom stereocenters. The van der Waals surface area contributed by atoms with E-state index in [1.807, 2.05) is 0 Å². The lowest BCUT2D eigenvalue weighted by atomic mass is 10.1. The summed E-state index contributed by atoms with van der Waals surface area (Å²) in [6, 6.07) is 8.22. The van der Waals surface area contributed by atoms with Gasteiger partial charge in [-0.3, -0.25) is 9.00 Å². The number of hydrogen-bond donors (Lipinski definition) is 1. The maximum Gasteiger partial charge on any atom is 0.416 e. The van der Waals surface area contributed by atoms with Crippen LogP contribution < -0.4 is 10.3 Å². The zero-order chi connectivity index (χ0) is 22.9. The van der Waals surface area contributed by atoms with Crippen molar-refractivity contribution in [3.63, 3.8) is 0 Å². The molecular formula is C21H18F3NO5S. The first-order chi connectivity index (χ1) is 14.6. The van der Waals surface area contributed by atoms with Crippen LogP contribution in [0.25, 0.3) is 11.0 Å². The number of nitrogens with zero attached hydrogens (tertiary/aromatic N) is 1. The summed E-state index contributed by atoms with van der Waals surface area (Å²) >= 11 is 0. The Morgan fingerprint density at radius 3 is 2.39 bits per heavy atom. The Morgan fingerprint density at radius 2 is 1.81 bits per heavy atom. The van der Waals surface area contributed by atoms with E-state index in [1.54, 1.807) is 19.9 Å². The first-order valence-electron chi connectivity index (χ1n) is 9.25. The number of carboxylic acid groups (broad SMARTS) is 1. The molecule has 0 amide bonds. The maximum atomic E-state index is 13.6. The van der Waals surface area contributed by atoms with Gasteiger partial charge in [-0.05, 0) is 31.2 Å². The lowest BCUT2D eigenvalue weighted by Gasteiger charge is -2.26. The SMILES string of the molecule is CCN(c1ccccc1C(=O)O)c1cc(C(F)(F)F)cc2c(=O)cc(S(=O)CC)oc12. The highest BCUT2D eigenvalue weighted by Gasteiger charge is 2.33. The summed E-state index contributed by atoms with van der Waals surface area (Å²) in [7, 11) is -1.66. The monoisotopic (exact) mass is 453 g/mol. The van der Waals surface area contributed by atoms with E-state index >= 15 is 0 Å². The van der Waals surface area contributed by atoms with Gasteiger partial charge in [0.1, 0.15) is 0 Å². The van der Waals surface area contributed by atoms with Crippen LogP contribution in [0.3, 0.4) is 0 Å². The molecule has 0 spiro atoms. The predicted molar refractivity (Wildman–Crippen MR) is 111 cm³/mol. The molecule has 0 aliphatic carbocycles. The number of alkyl halides is 3. The minimum atomic E-state index is -4.76. The van der Waals surface area contributed by atoms with E-state index in [9.17, 15) is 32.1 Å². The Bertz CT molecular complexity index is 1240. The Balaban J connectivity index is 2.43. The van der Waals surface area contributed by atoms with Crippen molar-refractivity contribution in [2.45, 2.75) is 25.1 Å². The third-order valence-electron chi connectivity index (χ3n) is 4.63. The summed E-state index contributed by atoms with van der Waals surface area (Å²) in [4.78, 5) is 25.6. The molecule has 0 fully saturated rings. The van der Waals surface area contributed by atoms with Crippen LogP contribution >= 0.6 is 0 Å². The van der Waals surface area contributed by atoms with Crippen molar-refractivity contribution in [2.24, 2.45) is 0 Å². The summed E-state index contributed by atoms with van der Waals surface area (Å²) < 4.78 is 58.6. The van der Waals surface area contributed by atoms with Crippen molar-refractivity contribution >= 4 is 39.1 Å². The number of rotatable bonds is 6. The second-order valence-corrected chi connectivity index (χ2v) is 8.17. The van der Waals surface area contributed by atoms with Crippen LogP contribution in [0, 0.1) is 0 Å². The summed E-state index contributed by atoms with van der Waals surface area (Å²) in [5.74, 6) is -1.12. The number of para-hydroxylation sites is 1. The topological polar surface area (TPSA) is 87.8 Å². The molecule has 0 aliphatic rings. The van der Waals surface area contributed by atoms with Gasteiger partial charge in [0.15, 0.2) is 16.1 Å². The molecule has 0 saturated heterocycles. The van der Waals surface area contributed by atoms with Crippen LogP contribution in [0.2, 0.25) is 0 Å². The molecule has 10 heteroatoms. The number of anilines is 2. The molecule has 0 bridgehead atoms. The number of carboxylic acids is 1. The lowest BCUT2D eigenvalue weighted by Crippen LogP contribution is -2.21. The third-order valence-corrected chi connectivity index (χ3v) is 5.81. The van der Waals surface area contributed by atoms with E-state index in [2.05, 4.69) is 0 Å². The third kappa shape index (κ3) is 4.34. The molecule has 0 saturated carbocycles. The number of benzene rings is 2. The molecule has 0 radical (unpaired) electrons. The Morgan fingerprint density at radius 1 is 1.13 bits per heavy atom. The van der Waals surface area contributed by atoms with E-state index in [0.717, 1.165) is 12.1 Å². The summed E-state index contributed by atoms with van der Waals surface area (Å²) in [6.07, 6.45) is -4.76. The van der Waals surface area contributed by atoms with Crippen LogP contribution in [0.1, 0.15) is 29.8 Å². The van der Waals surface area contributed by atoms with Gasteiger partial charge in [0.2, 0.25) is 0 Å². The molecule has 3 aromatic rings. The smallest absolute Gasteiger partial charge is 0.416 e. The van der Waals surface area contributed by atoms with Crippen molar-refractivity contribution in [3.05, 3.63) is 63.8 Å². The quantitative estimate of drug-likeness (QED) is 0.577. The zero-order valence-electron chi connectivity index (χ0n) is 16.5. The number of carbonyl (C=O) groups is 1. The molecule has 0 aliphatic heterocycles. The fourth-order valence-corrected chi connectivity index (χ4v) is 3.90. The highest BCUT2D eigenvalue weighted by Crippen LogP contribution is 2.39. The summed E-state index contributed by atoms with van der Waals surface area (Å²) in [5.41, 5.74) is -2.20. The molecule has 164 valence electrons. The van der Waals surface area contributed by atoms with Gasteiger partial charge >= 0.3 is 12.1 Å². The average Bonchev–Trinajstić information content (AvgIpc) is 2.73. The minimum Gasteiger partial charge on any atom is -0.478 e. The molecule has 2 aromatic carbocycles. The van der Waals surface area contributed by atoms with Gasteiger partial charge in [0, 0.05) is 18.4 Å². The summed E-state index contributed by atoms with van der Waals surface area (Å²) in [5, 5.41) is 9.02. The van der Waals surface area contributed by atoms with Crippen molar-refractivity contribution < 1.29 is 31.7 Å². The lowest BCUT2D eigenvalue weighted by molar-refractivity contribution is -0.137. The first-order valence-corrected chi connectivity index (χ1v) is 10.6. The molecule has 1 N–H and O–H groups in total. The normalized spacial score (nSPS) is 12.7. The second kappa shape index (κ2) is 8.54. The van der Waals surface area contributed by atoms with Gasteiger partial charge < -0.3 is 14.4 Å².